The predicted octanol–water partition coefficient (Wildman–Crippen LogP) is 4.89. The van der Waals surface area contributed by atoms with Crippen LogP contribution in [-0.2, 0) is 11.2 Å². The third kappa shape index (κ3) is 5.83. The first-order valence-electron chi connectivity index (χ1n) is 12.3. The van der Waals surface area contributed by atoms with Crippen molar-refractivity contribution in [1.82, 2.24) is 15.2 Å². The van der Waals surface area contributed by atoms with Gasteiger partial charge in [-0.05, 0) is 62.2 Å². The third-order valence-electron chi connectivity index (χ3n) is 6.95. The van der Waals surface area contributed by atoms with Crippen LogP contribution < -0.4 is 5.32 Å². The van der Waals surface area contributed by atoms with Crippen LogP contribution in [-0.4, -0.2) is 72.6 Å². The molecule has 37 heavy (non-hydrogen) atoms. The molecule has 2 aromatic rings. The number of rotatable bonds is 11. The topological polar surface area (TPSA) is 60.5 Å². The van der Waals surface area contributed by atoms with Crippen molar-refractivity contribution in [2.24, 2.45) is 5.92 Å². The highest BCUT2D eigenvalue weighted by molar-refractivity contribution is 5.85. The van der Waals surface area contributed by atoms with Gasteiger partial charge in [0.05, 0.1) is 25.2 Å². The van der Waals surface area contributed by atoms with Gasteiger partial charge in [-0.2, -0.15) is 0 Å². The van der Waals surface area contributed by atoms with E-state index in [1.165, 1.54) is 29.2 Å². The van der Waals surface area contributed by atoms with Gasteiger partial charge in [-0.1, -0.05) is 0 Å². The van der Waals surface area contributed by atoms with Crippen molar-refractivity contribution >= 4 is 10.9 Å². The summed E-state index contributed by atoms with van der Waals surface area (Å²) in [6.45, 7) is -0.362. The molecule has 1 aromatic carbocycles. The molecule has 1 aliphatic heterocycles. The fraction of sp³-hybridized carbons (Fsp3) is 0.538. The molecule has 0 saturated heterocycles. The summed E-state index contributed by atoms with van der Waals surface area (Å²) in [5, 5.41) is 12.7. The highest BCUT2D eigenvalue weighted by Gasteiger charge is 2.49. The fourth-order valence-corrected chi connectivity index (χ4v) is 5.20. The van der Waals surface area contributed by atoms with Crippen molar-refractivity contribution < 1.29 is 36.2 Å². The number of allylic oxidation sites excluding steroid dienone is 3. The summed E-state index contributed by atoms with van der Waals surface area (Å²) in [7, 11) is 0. The van der Waals surface area contributed by atoms with Crippen LogP contribution >= 0.6 is 0 Å². The Morgan fingerprint density at radius 1 is 1.22 bits per heavy atom. The molecule has 0 saturated carbocycles. The zero-order valence-electron chi connectivity index (χ0n) is 20.4. The second-order valence-corrected chi connectivity index (χ2v) is 9.58. The molecule has 0 radical (unpaired) electrons. The summed E-state index contributed by atoms with van der Waals surface area (Å²) in [5.41, 5.74) is 1.48. The van der Waals surface area contributed by atoms with Gasteiger partial charge in [0.15, 0.2) is 6.17 Å². The summed E-state index contributed by atoms with van der Waals surface area (Å²) < 4.78 is 91.9. The predicted molar refractivity (Wildman–Crippen MR) is 128 cm³/mol. The first-order valence-corrected chi connectivity index (χ1v) is 12.3. The number of hydrogen-bond acceptors (Lipinski definition) is 4. The number of benzene rings is 1. The molecule has 3 N–H and O–H groups in total. The van der Waals surface area contributed by atoms with Crippen molar-refractivity contribution in [1.29, 1.82) is 0 Å². The van der Waals surface area contributed by atoms with Crippen molar-refractivity contribution in [3.05, 3.63) is 59.0 Å². The summed E-state index contributed by atoms with van der Waals surface area (Å²) in [4.78, 5) is 4.40. The molecule has 0 bridgehead atoms. The number of aliphatic hydroxyl groups is 1. The van der Waals surface area contributed by atoms with E-state index in [0.29, 0.717) is 41.7 Å². The van der Waals surface area contributed by atoms with Gasteiger partial charge in [0.1, 0.15) is 30.6 Å². The number of nitrogens with zero attached hydrogens (tertiary/aromatic N) is 1. The molecule has 0 amide bonds. The third-order valence-corrected chi connectivity index (χ3v) is 6.95. The van der Waals surface area contributed by atoms with Crippen LogP contribution in [0.25, 0.3) is 10.9 Å². The highest BCUT2D eigenvalue weighted by Crippen LogP contribution is 2.48. The smallest absolute Gasteiger partial charge is 0.283 e. The van der Waals surface area contributed by atoms with Crippen LogP contribution in [0.2, 0.25) is 0 Å². The first-order chi connectivity index (χ1) is 17.7. The van der Waals surface area contributed by atoms with E-state index in [0.717, 1.165) is 6.08 Å². The summed E-state index contributed by atoms with van der Waals surface area (Å²) in [5.74, 6) is -6.50. The zero-order chi connectivity index (χ0) is 26.7. The van der Waals surface area contributed by atoms with Gasteiger partial charge >= 0.3 is 0 Å². The van der Waals surface area contributed by atoms with E-state index >= 15 is 8.78 Å². The van der Waals surface area contributed by atoms with Crippen LogP contribution in [0.3, 0.4) is 0 Å². The molecule has 204 valence electrons. The van der Waals surface area contributed by atoms with E-state index in [1.54, 1.807) is 6.92 Å². The van der Waals surface area contributed by atoms with Gasteiger partial charge in [0, 0.05) is 29.2 Å². The second-order valence-electron chi connectivity index (χ2n) is 9.58. The quantitative estimate of drug-likeness (QED) is 0.286. The van der Waals surface area contributed by atoms with Crippen molar-refractivity contribution in [3.63, 3.8) is 0 Å². The largest absolute Gasteiger partial charge is 0.493 e. The molecule has 1 aliphatic carbocycles. The number of fused-ring (bicyclic) bond motifs is 3. The maximum absolute atomic E-state index is 15.9. The number of H-pyrrole nitrogens is 1. The lowest BCUT2D eigenvalue weighted by molar-refractivity contribution is -0.0981. The maximum atomic E-state index is 15.9. The Labute approximate surface area is 211 Å². The number of aromatic nitrogens is 1. The molecular weight excluding hydrogens is 500 g/mol. The van der Waals surface area contributed by atoms with Crippen molar-refractivity contribution in [2.75, 3.05) is 39.5 Å². The molecule has 2 heterocycles. The van der Waals surface area contributed by atoms with E-state index in [1.807, 2.05) is 0 Å². The second kappa shape index (κ2) is 11.5. The SMILES string of the molecule is C[C@@H]1Cc2c([nH]c3ccc(F)cc23)[C@@H](C2C(F)=CC=C(OCCNCCCF)C2F)N1CC(F)(F)CO. The molecule has 11 heteroatoms. The number of hydrogen-bond donors (Lipinski definition) is 3. The minimum absolute atomic E-state index is 0.0466. The lowest BCUT2D eigenvalue weighted by atomic mass is 9.80. The lowest BCUT2D eigenvalue weighted by Crippen LogP contribution is -2.52. The van der Waals surface area contributed by atoms with Gasteiger partial charge < -0.3 is 20.1 Å². The van der Waals surface area contributed by atoms with Crippen LogP contribution in [0, 0.1) is 11.7 Å². The minimum atomic E-state index is -3.51. The summed E-state index contributed by atoms with van der Waals surface area (Å²) >= 11 is 0. The number of halogens is 6. The van der Waals surface area contributed by atoms with E-state index < -0.39 is 61.6 Å². The Hall–Kier alpha value is -2.50. The zero-order valence-corrected chi connectivity index (χ0v) is 20.4. The van der Waals surface area contributed by atoms with Gasteiger partial charge in [0.25, 0.3) is 5.92 Å². The fourth-order valence-electron chi connectivity index (χ4n) is 5.20. The standard InChI is InChI=1S/C26H31F6N3O2/c1-15-11-18-17-12-16(28)3-5-20(17)34-24(18)25(35(15)13-26(31,32)14-36)22-19(29)4-6-21(23(22)30)37-10-9-33-8-2-7-27/h3-6,12,15,22-23,25,33-34,36H,2,7-11,13-14H2,1H3/t15-,22?,23?,25-/m1/s1. The van der Waals surface area contributed by atoms with Crippen molar-refractivity contribution in [2.45, 2.75) is 43.9 Å². The molecule has 0 spiro atoms. The normalized spacial score (nSPS) is 24.6. The van der Waals surface area contributed by atoms with E-state index in [-0.39, 0.29) is 18.8 Å². The van der Waals surface area contributed by atoms with Crippen LogP contribution in [0.5, 0.6) is 0 Å². The first kappa shape index (κ1) is 27.5. The summed E-state index contributed by atoms with van der Waals surface area (Å²) in [6, 6.07) is 2.27. The van der Waals surface area contributed by atoms with Crippen LogP contribution in [0.15, 0.2) is 41.9 Å². The summed E-state index contributed by atoms with van der Waals surface area (Å²) in [6.07, 6.45) is 0.826. The Morgan fingerprint density at radius 3 is 2.73 bits per heavy atom. The molecule has 2 unspecified atom stereocenters. The number of alkyl halides is 4. The van der Waals surface area contributed by atoms with Crippen LogP contribution in [0.4, 0.5) is 26.3 Å². The average molecular weight is 532 g/mol. The Morgan fingerprint density at radius 2 is 2.00 bits per heavy atom. The van der Waals surface area contributed by atoms with Crippen molar-refractivity contribution in [3.8, 4) is 0 Å². The van der Waals surface area contributed by atoms with Gasteiger partial charge in [-0.25, -0.2) is 22.0 Å². The van der Waals surface area contributed by atoms with E-state index in [2.05, 4.69) is 10.3 Å². The van der Waals surface area contributed by atoms with Gasteiger partial charge in [0.2, 0.25) is 0 Å². The highest BCUT2D eigenvalue weighted by atomic mass is 19.3. The molecule has 4 rings (SSSR count). The molecule has 0 fully saturated rings. The minimum Gasteiger partial charge on any atom is -0.493 e. The van der Waals surface area contributed by atoms with E-state index in [4.69, 9.17) is 4.74 Å². The lowest BCUT2D eigenvalue weighted by Gasteiger charge is -2.46. The molecule has 5 nitrogen and oxygen atoms in total. The van der Waals surface area contributed by atoms with Gasteiger partial charge in [-0.15, -0.1) is 0 Å². The number of aliphatic hydroxyl groups excluding tert-OH is 1. The molecule has 2 aliphatic rings. The number of ether oxygens (including phenoxy) is 1. The molecule has 1 aromatic heterocycles. The molecular formula is C26H31F6N3O2. The monoisotopic (exact) mass is 531 g/mol. The molecule has 4 atom stereocenters. The maximum Gasteiger partial charge on any atom is 0.283 e. The van der Waals surface area contributed by atoms with Crippen LogP contribution in [0.1, 0.15) is 30.6 Å². The van der Waals surface area contributed by atoms with E-state index in [9.17, 15) is 22.7 Å². The average Bonchev–Trinajstić information content (AvgIpc) is 3.21. The number of nitrogens with one attached hydrogen (secondary N) is 2. The Kier molecular flexibility index (Phi) is 8.55. The van der Waals surface area contributed by atoms with Gasteiger partial charge in [-0.3, -0.25) is 9.29 Å². The Balaban J connectivity index is 1.68. The number of aromatic amines is 1. The Bertz CT molecular complexity index is 1150.